The number of aryl methyl sites for hydroxylation is 2. The summed E-state index contributed by atoms with van der Waals surface area (Å²) in [4.78, 5) is 49.1. The SMILES string of the molecule is CCC1(CC)NC(=O)N(CC(=O)OCC(=O)Nc2ccc(C)c(C)c2)C1=O. The molecule has 1 aromatic carbocycles. The van der Waals surface area contributed by atoms with E-state index in [0.29, 0.717) is 18.5 Å². The Morgan fingerprint density at radius 3 is 2.37 bits per heavy atom. The molecular weight excluding hydrogens is 350 g/mol. The van der Waals surface area contributed by atoms with Gasteiger partial charge in [0.15, 0.2) is 6.61 Å². The Hall–Kier alpha value is -2.90. The zero-order valence-corrected chi connectivity index (χ0v) is 16.0. The molecule has 1 fully saturated rings. The van der Waals surface area contributed by atoms with Gasteiger partial charge >= 0.3 is 12.0 Å². The van der Waals surface area contributed by atoms with E-state index in [4.69, 9.17) is 4.74 Å². The van der Waals surface area contributed by atoms with Crippen molar-refractivity contribution >= 4 is 29.5 Å². The van der Waals surface area contributed by atoms with Crippen molar-refractivity contribution in [3.05, 3.63) is 29.3 Å². The maximum absolute atomic E-state index is 12.4. The van der Waals surface area contributed by atoms with Crippen LogP contribution in [0, 0.1) is 13.8 Å². The molecule has 2 N–H and O–H groups in total. The molecule has 0 atom stereocenters. The number of benzene rings is 1. The van der Waals surface area contributed by atoms with Gasteiger partial charge in [-0.05, 0) is 49.9 Å². The van der Waals surface area contributed by atoms with E-state index in [1.54, 1.807) is 19.9 Å². The van der Waals surface area contributed by atoms with Gasteiger partial charge in [0.1, 0.15) is 12.1 Å². The van der Waals surface area contributed by atoms with Crippen molar-refractivity contribution < 1.29 is 23.9 Å². The molecule has 2 rings (SSSR count). The summed E-state index contributed by atoms with van der Waals surface area (Å²) >= 11 is 0. The Morgan fingerprint density at radius 2 is 1.81 bits per heavy atom. The first-order valence-electron chi connectivity index (χ1n) is 8.89. The van der Waals surface area contributed by atoms with Crippen LogP contribution in [-0.4, -0.2) is 47.4 Å². The molecule has 0 radical (unpaired) electrons. The number of hydrogen-bond donors (Lipinski definition) is 2. The van der Waals surface area contributed by atoms with Crippen LogP contribution >= 0.6 is 0 Å². The van der Waals surface area contributed by atoms with Crippen LogP contribution < -0.4 is 10.6 Å². The van der Waals surface area contributed by atoms with Gasteiger partial charge in [0.25, 0.3) is 11.8 Å². The molecule has 1 aliphatic rings. The van der Waals surface area contributed by atoms with Crippen LogP contribution in [0.5, 0.6) is 0 Å². The van der Waals surface area contributed by atoms with Crippen LogP contribution in [-0.2, 0) is 19.1 Å². The molecule has 4 amide bonds. The molecular formula is C19H25N3O5. The number of hydrogen-bond acceptors (Lipinski definition) is 5. The topological polar surface area (TPSA) is 105 Å². The van der Waals surface area contributed by atoms with Crippen LogP contribution in [0.2, 0.25) is 0 Å². The van der Waals surface area contributed by atoms with Gasteiger partial charge in [0.05, 0.1) is 0 Å². The number of carbonyl (C=O) groups is 4. The minimum Gasteiger partial charge on any atom is -0.454 e. The number of amides is 4. The maximum Gasteiger partial charge on any atom is 0.326 e. The number of carbonyl (C=O) groups excluding carboxylic acids is 4. The number of ether oxygens (including phenoxy) is 1. The smallest absolute Gasteiger partial charge is 0.326 e. The normalized spacial score (nSPS) is 15.5. The molecule has 1 aliphatic heterocycles. The van der Waals surface area contributed by atoms with Gasteiger partial charge in [-0.1, -0.05) is 19.9 Å². The van der Waals surface area contributed by atoms with Crippen LogP contribution in [0.25, 0.3) is 0 Å². The third-order valence-corrected chi connectivity index (χ3v) is 4.90. The third-order valence-electron chi connectivity index (χ3n) is 4.90. The van der Waals surface area contributed by atoms with E-state index in [2.05, 4.69) is 10.6 Å². The molecule has 0 aliphatic carbocycles. The first kappa shape index (κ1) is 20.4. The maximum atomic E-state index is 12.4. The average Bonchev–Trinajstić information content (AvgIpc) is 2.87. The van der Waals surface area contributed by atoms with Gasteiger partial charge in [0.2, 0.25) is 0 Å². The molecule has 8 nitrogen and oxygen atoms in total. The van der Waals surface area contributed by atoms with Gasteiger partial charge in [-0.15, -0.1) is 0 Å². The van der Waals surface area contributed by atoms with Gasteiger partial charge in [-0.25, -0.2) is 4.79 Å². The van der Waals surface area contributed by atoms with E-state index in [1.165, 1.54) is 0 Å². The highest BCUT2D eigenvalue weighted by Gasteiger charge is 2.49. The van der Waals surface area contributed by atoms with E-state index in [0.717, 1.165) is 16.0 Å². The lowest BCUT2D eigenvalue weighted by Gasteiger charge is -2.22. The first-order chi connectivity index (χ1) is 12.7. The lowest BCUT2D eigenvalue weighted by Crippen LogP contribution is -2.46. The highest BCUT2D eigenvalue weighted by atomic mass is 16.5. The summed E-state index contributed by atoms with van der Waals surface area (Å²) in [6.45, 7) is 6.45. The fourth-order valence-corrected chi connectivity index (χ4v) is 2.89. The molecule has 1 saturated heterocycles. The van der Waals surface area contributed by atoms with Crippen molar-refractivity contribution in [1.29, 1.82) is 0 Å². The summed E-state index contributed by atoms with van der Waals surface area (Å²) in [5.74, 6) is -1.77. The summed E-state index contributed by atoms with van der Waals surface area (Å²) in [5.41, 5.74) is 1.75. The molecule has 8 heteroatoms. The number of nitrogens with zero attached hydrogens (tertiary/aromatic N) is 1. The minimum atomic E-state index is -0.974. The number of rotatable bonds is 7. The zero-order chi connectivity index (χ0) is 20.2. The third kappa shape index (κ3) is 4.45. The van der Waals surface area contributed by atoms with Crippen molar-refractivity contribution in [2.24, 2.45) is 0 Å². The molecule has 146 valence electrons. The molecule has 0 aromatic heterocycles. The largest absolute Gasteiger partial charge is 0.454 e. The van der Waals surface area contributed by atoms with E-state index in [9.17, 15) is 19.2 Å². The van der Waals surface area contributed by atoms with Gasteiger partial charge < -0.3 is 15.4 Å². The summed E-state index contributed by atoms with van der Waals surface area (Å²) in [6.07, 6.45) is 0.857. The number of nitrogens with one attached hydrogen (secondary N) is 2. The Balaban J connectivity index is 1.87. The van der Waals surface area contributed by atoms with Crippen LogP contribution in [0.15, 0.2) is 18.2 Å². The number of urea groups is 1. The lowest BCUT2D eigenvalue weighted by atomic mass is 9.93. The van der Waals surface area contributed by atoms with Crippen molar-refractivity contribution in [1.82, 2.24) is 10.2 Å². The van der Waals surface area contributed by atoms with Gasteiger partial charge in [-0.2, -0.15) is 0 Å². The predicted octanol–water partition coefficient (Wildman–Crippen LogP) is 1.90. The summed E-state index contributed by atoms with van der Waals surface area (Å²) in [5, 5.41) is 5.26. The second-order valence-corrected chi connectivity index (χ2v) is 6.62. The Morgan fingerprint density at radius 1 is 1.15 bits per heavy atom. The van der Waals surface area contributed by atoms with Crippen molar-refractivity contribution in [3.63, 3.8) is 0 Å². The van der Waals surface area contributed by atoms with Gasteiger partial charge in [-0.3, -0.25) is 19.3 Å². The van der Waals surface area contributed by atoms with Crippen LogP contribution in [0.1, 0.15) is 37.8 Å². The number of esters is 1. The van der Waals surface area contributed by atoms with Crippen molar-refractivity contribution in [2.75, 3.05) is 18.5 Å². The Labute approximate surface area is 158 Å². The van der Waals surface area contributed by atoms with Crippen LogP contribution in [0.4, 0.5) is 10.5 Å². The lowest BCUT2D eigenvalue weighted by molar-refractivity contribution is -0.150. The van der Waals surface area contributed by atoms with E-state index in [1.807, 2.05) is 26.0 Å². The standard InChI is InChI=1S/C19H25N3O5/c1-5-19(6-2)17(25)22(18(26)21-19)10-16(24)27-11-15(23)20-14-8-7-12(3)13(4)9-14/h7-9H,5-6,10-11H2,1-4H3,(H,20,23)(H,21,26). The van der Waals surface area contributed by atoms with E-state index in [-0.39, 0.29) is 0 Å². The summed E-state index contributed by atoms with van der Waals surface area (Å²) in [7, 11) is 0. The molecule has 0 saturated carbocycles. The summed E-state index contributed by atoms with van der Waals surface area (Å²) in [6, 6.07) is 4.82. The number of anilines is 1. The fourth-order valence-electron chi connectivity index (χ4n) is 2.89. The fraction of sp³-hybridized carbons (Fsp3) is 0.474. The van der Waals surface area contributed by atoms with Crippen molar-refractivity contribution in [3.8, 4) is 0 Å². The second kappa shape index (κ2) is 8.20. The van der Waals surface area contributed by atoms with Crippen molar-refractivity contribution in [2.45, 2.75) is 46.1 Å². The zero-order valence-electron chi connectivity index (χ0n) is 16.0. The molecule has 0 bridgehead atoms. The predicted molar refractivity (Wildman–Crippen MR) is 99.1 cm³/mol. The highest BCUT2D eigenvalue weighted by molar-refractivity contribution is 6.08. The monoisotopic (exact) mass is 375 g/mol. The van der Waals surface area contributed by atoms with Crippen LogP contribution in [0.3, 0.4) is 0 Å². The number of imide groups is 1. The average molecular weight is 375 g/mol. The minimum absolute atomic E-state index is 0.429. The molecule has 1 aromatic rings. The highest BCUT2D eigenvalue weighted by Crippen LogP contribution is 2.24. The van der Waals surface area contributed by atoms with Gasteiger partial charge in [0, 0.05) is 5.69 Å². The van der Waals surface area contributed by atoms with E-state index >= 15 is 0 Å². The second-order valence-electron chi connectivity index (χ2n) is 6.62. The quantitative estimate of drug-likeness (QED) is 0.559. The summed E-state index contributed by atoms with van der Waals surface area (Å²) < 4.78 is 4.90. The Bertz CT molecular complexity index is 771. The molecule has 1 heterocycles. The Kier molecular flexibility index (Phi) is 6.20. The molecule has 0 spiro atoms. The van der Waals surface area contributed by atoms with E-state index < -0.39 is 42.5 Å². The molecule has 0 unspecified atom stereocenters. The molecule has 27 heavy (non-hydrogen) atoms. The first-order valence-corrected chi connectivity index (χ1v) is 8.89.